The molecule has 1 aliphatic carbocycles. The van der Waals surface area contributed by atoms with E-state index < -0.39 is 15.9 Å². The number of hydrogen-bond donors (Lipinski definition) is 3. The van der Waals surface area contributed by atoms with E-state index in [0.29, 0.717) is 5.95 Å². The van der Waals surface area contributed by atoms with Gasteiger partial charge in [0.1, 0.15) is 5.82 Å². The molecule has 1 aliphatic rings. The number of carbonyl (C=O) groups excluding carboxylic acids is 1. The van der Waals surface area contributed by atoms with Crippen molar-refractivity contribution in [1.82, 2.24) is 9.97 Å². The number of para-hydroxylation sites is 2. The first-order chi connectivity index (χ1) is 12.3. The van der Waals surface area contributed by atoms with Gasteiger partial charge in [-0.1, -0.05) is 12.1 Å². The molecule has 9 heteroatoms. The van der Waals surface area contributed by atoms with Crippen molar-refractivity contribution >= 4 is 33.0 Å². The summed E-state index contributed by atoms with van der Waals surface area (Å²) >= 11 is 0. The van der Waals surface area contributed by atoms with Gasteiger partial charge in [0.15, 0.2) is 0 Å². The molecule has 0 unspecified atom stereocenters. The zero-order valence-electron chi connectivity index (χ0n) is 13.5. The maximum Gasteiger partial charge on any atom is 0.294 e. The van der Waals surface area contributed by atoms with E-state index in [1.165, 1.54) is 0 Å². The molecule has 1 aromatic heterocycles. The number of benzene rings is 2. The Balaban J connectivity index is 0.000000160. The second-order valence-corrected chi connectivity index (χ2v) is 7.22. The normalized spacial score (nSPS) is 13.8. The summed E-state index contributed by atoms with van der Waals surface area (Å²) in [6, 6.07) is 11.6. The van der Waals surface area contributed by atoms with Gasteiger partial charge in [-0.2, -0.15) is 8.42 Å². The van der Waals surface area contributed by atoms with Gasteiger partial charge in [-0.15, -0.1) is 0 Å². The average molecular weight is 377 g/mol. The van der Waals surface area contributed by atoms with Crippen LogP contribution in [0.15, 0.2) is 53.4 Å². The van der Waals surface area contributed by atoms with Gasteiger partial charge in [-0.3, -0.25) is 14.7 Å². The fraction of sp³-hybridized carbons (Fsp3) is 0.176. The highest BCUT2D eigenvalue weighted by atomic mass is 32.2. The standard InChI is InChI=1S/C11H11N3O.C6H5FO3S/c15-10(7-5-6-7)14-11-12-8-3-1-2-4-9(8)13-11;7-5-1-3-6(4-2-5)11(8,9)10/h1-4,7H,5-6H2,(H2,12,13,14,15);1-4H,(H,8,9,10). The maximum atomic E-state index is 12.2. The predicted octanol–water partition coefficient (Wildman–Crippen LogP) is 2.98. The summed E-state index contributed by atoms with van der Waals surface area (Å²) in [6.07, 6.45) is 2.01. The van der Waals surface area contributed by atoms with Crippen LogP contribution in [0.5, 0.6) is 0 Å². The zero-order valence-corrected chi connectivity index (χ0v) is 14.3. The molecule has 0 radical (unpaired) electrons. The van der Waals surface area contributed by atoms with Crippen LogP contribution in [0, 0.1) is 11.7 Å². The second-order valence-electron chi connectivity index (χ2n) is 5.80. The van der Waals surface area contributed by atoms with Gasteiger partial charge in [0, 0.05) is 5.92 Å². The van der Waals surface area contributed by atoms with Crippen molar-refractivity contribution in [2.24, 2.45) is 5.92 Å². The minimum Gasteiger partial charge on any atom is -0.324 e. The van der Waals surface area contributed by atoms with Crippen molar-refractivity contribution < 1.29 is 22.2 Å². The summed E-state index contributed by atoms with van der Waals surface area (Å²) in [6.45, 7) is 0. The van der Waals surface area contributed by atoms with Crippen molar-refractivity contribution in [3.8, 4) is 0 Å². The van der Waals surface area contributed by atoms with E-state index in [0.717, 1.165) is 48.1 Å². The molecule has 0 bridgehead atoms. The van der Waals surface area contributed by atoms with E-state index in [2.05, 4.69) is 15.3 Å². The third-order valence-corrected chi connectivity index (χ3v) is 4.56. The van der Waals surface area contributed by atoms with Crippen LogP contribution in [-0.2, 0) is 14.9 Å². The topological polar surface area (TPSA) is 112 Å². The number of nitrogens with one attached hydrogen (secondary N) is 2. The number of carbonyl (C=O) groups is 1. The second kappa shape index (κ2) is 7.22. The lowest BCUT2D eigenvalue weighted by molar-refractivity contribution is -0.117. The molecule has 2 aromatic carbocycles. The van der Waals surface area contributed by atoms with E-state index in [-0.39, 0.29) is 16.7 Å². The number of nitrogens with zero attached hydrogens (tertiary/aromatic N) is 1. The molecule has 1 saturated carbocycles. The lowest BCUT2D eigenvalue weighted by atomic mass is 10.3. The number of amides is 1. The summed E-state index contributed by atoms with van der Waals surface area (Å²) < 4.78 is 41.4. The molecule has 0 saturated heterocycles. The fourth-order valence-electron chi connectivity index (χ4n) is 2.18. The minimum atomic E-state index is -4.19. The Labute approximate surface area is 149 Å². The van der Waals surface area contributed by atoms with Gasteiger partial charge in [0.05, 0.1) is 15.9 Å². The number of anilines is 1. The van der Waals surface area contributed by atoms with Crippen molar-refractivity contribution in [3.63, 3.8) is 0 Å². The first-order valence-corrected chi connectivity index (χ1v) is 9.25. The first-order valence-electron chi connectivity index (χ1n) is 7.81. The monoisotopic (exact) mass is 377 g/mol. The molecule has 136 valence electrons. The lowest BCUT2D eigenvalue weighted by Gasteiger charge is -1.97. The van der Waals surface area contributed by atoms with Crippen LogP contribution < -0.4 is 5.32 Å². The van der Waals surface area contributed by atoms with Crippen molar-refractivity contribution in [1.29, 1.82) is 0 Å². The summed E-state index contributed by atoms with van der Waals surface area (Å²) in [5.41, 5.74) is 1.83. The lowest BCUT2D eigenvalue weighted by Crippen LogP contribution is -2.14. The van der Waals surface area contributed by atoms with Gasteiger partial charge < -0.3 is 4.98 Å². The Morgan fingerprint density at radius 1 is 1.15 bits per heavy atom. The van der Waals surface area contributed by atoms with Crippen molar-refractivity contribution in [2.75, 3.05) is 5.32 Å². The van der Waals surface area contributed by atoms with Crippen LogP contribution in [0.3, 0.4) is 0 Å². The smallest absolute Gasteiger partial charge is 0.294 e. The SMILES string of the molecule is O=C(Nc1nc2ccccc2[nH]1)C1CC1.O=S(=O)(O)c1ccc(F)cc1. The molecule has 26 heavy (non-hydrogen) atoms. The number of rotatable bonds is 3. The minimum absolute atomic E-state index is 0.0778. The molecule has 1 fully saturated rings. The molecular formula is C17H16FN3O4S. The molecule has 1 heterocycles. The number of halogens is 1. The zero-order chi connectivity index (χ0) is 18.7. The molecular weight excluding hydrogens is 361 g/mol. The molecule has 0 atom stereocenters. The summed E-state index contributed by atoms with van der Waals surface area (Å²) in [7, 11) is -4.19. The van der Waals surface area contributed by atoms with E-state index >= 15 is 0 Å². The highest BCUT2D eigenvalue weighted by Crippen LogP contribution is 2.30. The number of hydrogen-bond acceptors (Lipinski definition) is 4. The highest BCUT2D eigenvalue weighted by Gasteiger charge is 2.30. The third-order valence-electron chi connectivity index (χ3n) is 3.69. The molecule has 7 nitrogen and oxygen atoms in total. The Morgan fingerprint density at radius 3 is 2.38 bits per heavy atom. The molecule has 3 aromatic rings. The molecule has 0 aliphatic heterocycles. The van der Waals surface area contributed by atoms with Crippen LogP contribution in [0.2, 0.25) is 0 Å². The number of fused-ring (bicyclic) bond motifs is 1. The van der Waals surface area contributed by atoms with Crippen molar-refractivity contribution in [2.45, 2.75) is 17.7 Å². The number of H-pyrrole nitrogens is 1. The van der Waals surface area contributed by atoms with E-state index in [9.17, 15) is 17.6 Å². The van der Waals surface area contributed by atoms with Gasteiger partial charge in [-0.25, -0.2) is 9.37 Å². The number of imidazole rings is 1. The van der Waals surface area contributed by atoms with Crippen LogP contribution in [-0.4, -0.2) is 28.8 Å². The molecule has 1 amide bonds. The average Bonchev–Trinajstić information content (AvgIpc) is 3.35. The van der Waals surface area contributed by atoms with Crippen LogP contribution in [0.4, 0.5) is 10.3 Å². The Kier molecular flexibility index (Phi) is 5.01. The molecule has 4 rings (SSSR count). The van der Waals surface area contributed by atoms with Gasteiger partial charge >= 0.3 is 0 Å². The van der Waals surface area contributed by atoms with Gasteiger partial charge in [0.2, 0.25) is 11.9 Å². The first kappa shape index (κ1) is 18.0. The van der Waals surface area contributed by atoms with E-state index in [1.807, 2.05) is 24.3 Å². The third kappa shape index (κ3) is 4.64. The molecule has 3 N–H and O–H groups in total. The van der Waals surface area contributed by atoms with E-state index in [1.54, 1.807) is 0 Å². The van der Waals surface area contributed by atoms with Gasteiger partial charge in [0.25, 0.3) is 10.1 Å². The van der Waals surface area contributed by atoms with Crippen LogP contribution >= 0.6 is 0 Å². The summed E-state index contributed by atoms with van der Waals surface area (Å²) in [5, 5.41) is 2.79. The Hall–Kier alpha value is -2.78. The van der Waals surface area contributed by atoms with E-state index in [4.69, 9.17) is 4.55 Å². The largest absolute Gasteiger partial charge is 0.324 e. The van der Waals surface area contributed by atoms with Crippen molar-refractivity contribution in [3.05, 3.63) is 54.3 Å². The summed E-state index contributed by atoms with van der Waals surface area (Å²) in [4.78, 5) is 18.5. The maximum absolute atomic E-state index is 12.2. The highest BCUT2D eigenvalue weighted by molar-refractivity contribution is 7.85. The number of aromatic amines is 1. The van der Waals surface area contributed by atoms with Crippen LogP contribution in [0.25, 0.3) is 11.0 Å². The summed E-state index contributed by atoms with van der Waals surface area (Å²) in [5.74, 6) is 0.290. The fourth-order valence-corrected chi connectivity index (χ4v) is 2.66. The Bertz CT molecular complexity index is 995. The quantitative estimate of drug-likeness (QED) is 0.608. The van der Waals surface area contributed by atoms with Crippen LogP contribution in [0.1, 0.15) is 12.8 Å². The predicted molar refractivity (Wildman–Crippen MR) is 93.7 cm³/mol. The van der Waals surface area contributed by atoms with Gasteiger partial charge in [-0.05, 0) is 49.2 Å². The Morgan fingerprint density at radius 2 is 1.81 bits per heavy atom. The number of aromatic nitrogens is 2. The molecule has 0 spiro atoms.